The number of hydrogen-bond acceptors (Lipinski definition) is 5. The summed E-state index contributed by atoms with van der Waals surface area (Å²) in [5, 5.41) is 0.319. The van der Waals surface area contributed by atoms with Crippen LogP contribution in [0.15, 0.2) is 29.2 Å². The number of ether oxygens (including phenoxy) is 1. The number of hydrogen-bond donors (Lipinski definition) is 1. The van der Waals surface area contributed by atoms with Crippen molar-refractivity contribution in [3.8, 4) is 0 Å². The Morgan fingerprint density at radius 2 is 1.80 bits per heavy atom. The molecule has 25 heavy (non-hydrogen) atoms. The molecule has 0 spiro atoms. The molecule has 2 aromatic rings. The summed E-state index contributed by atoms with van der Waals surface area (Å²) in [5.74, 6) is -0.500. The van der Waals surface area contributed by atoms with E-state index in [2.05, 4.69) is 4.72 Å². The quantitative estimate of drug-likeness (QED) is 0.726. The van der Waals surface area contributed by atoms with Crippen molar-refractivity contribution in [1.29, 1.82) is 0 Å². The zero-order chi connectivity index (χ0) is 18.6. The Bertz CT molecular complexity index is 852. The number of sulfonamides is 1. The first-order valence-corrected chi connectivity index (χ1v) is 10.5. The lowest BCUT2D eigenvalue weighted by molar-refractivity contribution is 0.0527. The number of nitrogens with one attached hydrogen (secondary N) is 1. The van der Waals surface area contributed by atoms with E-state index < -0.39 is 16.0 Å². The van der Waals surface area contributed by atoms with Crippen molar-refractivity contribution in [3.05, 3.63) is 45.8 Å². The molecule has 1 heterocycles. The number of rotatable bonds is 7. The van der Waals surface area contributed by atoms with Crippen LogP contribution in [0.4, 0.5) is 5.00 Å². The molecule has 0 unspecified atom stereocenters. The summed E-state index contributed by atoms with van der Waals surface area (Å²) in [6.07, 6.45) is 1.70. The zero-order valence-electron chi connectivity index (χ0n) is 14.9. The van der Waals surface area contributed by atoms with Crippen LogP contribution in [0.2, 0.25) is 0 Å². The second kappa shape index (κ2) is 8.01. The average Bonchev–Trinajstić information content (AvgIpc) is 2.83. The number of carbonyl (C=O) groups excluding carboxylic acids is 1. The largest absolute Gasteiger partial charge is 0.462 e. The Labute approximate surface area is 153 Å². The smallest absolute Gasteiger partial charge is 0.341 e. The van der Waals surface area contributed by atoms with Crippen LogP contribution in [0.1, 0.15) is 46.6 Å². The van der Waals surface area contributed by atoms with E-state index >= 15 is 0 Å². The standard InChI is InChI=1S/C18H23NO4S2/c1-5-7-15-13(4)16(18(20)23-6-2)17(24-15)19-25(21,22)14-10-8-12(3)9-11-14/h8-11,19H,5-7H2,1-4H3. The maximum absolute atomic E-state index is 12.7. The van der Waals surface area contributed by atoms with E-state index in [9.17, 15) is 13.2 Å². The maximum Gasteiger partial charge on any atom is 0.341 e. The molecule has 0 aliphatic rings. The predicted octanol–water partition coefficient (Wildman–Crippen LogP) is 4.29. The van der Waals surface area contributed by atoms with Gasteiger partial charge in [-0.3, -0.25) is 4.72 Å². The van der Waals surface area contributed by atoms with E-state index in [1.54, 1.807) is 31.2 Å². The molecule has 0 radical (unpaired) electrons. The Morgan fingerprint density at radius 1 is 1.16 bits per heavy atom. The summed E-state index contributed by atoms with van der Waals surface area (Å²) >= 11 is 1.30. The first-order valence-electron chi connectivity index (χ1n) is 8.19. The molecule has 0 bridgehead atoms. The van der Waals surface area contributed by atoms with Gasteiger partial charge < -0.3 is 4.74 Å². The van der Waals surface area contributed by atoms with Crippen LogP contribution in [0.5, 0.6) is 0 Å². The van der Waals surface area contributed by atoms with Gasteiger partial charge in [0.25, 0.3) is 10.0 Å². The fourth-order valence-electron chi connectivity index (χ4n) is 2.45. The van der Waals surface area contributed by atoms with Crippen molar-refractivity contribution in [3.63, 3.8) is 0 Å². The van der Waals surface area contributed by atoms with E-state index in [4.69, 9.17) is 4.74 Å². The van der Waals surface area contributed by atoms with E-state index in [0.717, 1.165) is 28.8 Å². The molecule has 0 saturated heterocycles. The van der Waals surface area contributed by atoms with Gasteiger partial charge in [-0.15, -0.1) is 11.3 Å². The highest BCUT2D eigenvalue weighted by Crippen LogP contribution is 2.36. The number of aryl methyl sites for hydroxylation is 2. The molecule has 0 aliphatic carbocycles. The highest BCUT2D eigenvalue weighted by molar-refractivity contribution is 7.93. The summed E-state index contributed by atoms with van der Waals surface area (Å²) in [4.78, 5) is 13.5. The first-order chi connectivity index (χ1) is 11.8. The van der Waals surface area contributed by atoms with Crippen LogP contribution < -0.4 is 4.72 Å². The molecule has 0 saturated carbocycles. The van der Waals surface area contributed by atoms with E-state index in [1.807, 2.05) is 20.8 Å². The Kier molecular flexibility index (Phi) is 6.24. The number of esters is 1. The number of benzene rings is 1. The Hall–Kier alpha value is -1.86. The topological polar surface area (TPSA) is 72.5 Å². The highest BCUT2D eigenvalue weighted by atomic mass is 32.2. The molecule has 2 rings (SSSR count). The van der Waals surface area contributed by atoms with Crippen LogP contribution in [-0.4, -0.2) is 21.0 Å². The van der Waals surface area contributed by atoms with E-state index in [-0.39, 0.29) is 11.5 Å². The Balaban J connectivity index is 2.45. The summed E-state index contributed by atoms with van der Waals surface area (Å²) in [7, 11) is -3.77. The molecule has 1 aromatic heterocycles. The molecule has 0 fully saturated rings. The third kappa shape index (κ3) is 4.41. The molecular formula is C18H23NO4S2. The number of thiophene rings is 1. The second-order valence-electron chi connectivity index (χ2n) is 5.74. The van der Waals surface area contributed by atoms with Crippen molar-refractivity contribution < 1.29 is 17.9 Å². The third-order valence-electron chi connectivity index (χ3n) is 3.76. The molecule has 1 aromatic carbocycles. The summed E-state index contributed by atoms with van der Waals surface area (Å²) in [6.45, 7) is 7.73. The summed E-state index contributed by atoms with van der Waals surface area (Å²) in [6, 6.07) is 6.58. The predicted molar refractivity (Wildman–Crippen MR) is 101 cm³/mol. The maximum atomic E-state index is 12.7. The van der Waals surface area contributed by atoms with Crippen LogP contribution in [0, 0.1) is 13.8 Å². The van der Waals surface area contributed by atoms with Crippen molar-refractivity contribution in [2.45, 2.75) is 45.4 Å². The lowest BCUT2D eigenvalue weighted by atomic mass is 10.1. The van der Waals surface area contributed by atoms with Crippen molar-refractivity contribution in [2.75, 3.05) is 11.3 Å². The molecule has 5 nitrogen and oxygen atoms in total. The lowest BCUT2D eigenvalue weighted by Crippen LogP contribution is -2.15. The van der Waals surface area contributed by atoms with Gasteiger partial charge in [0.15, 0.2) is 0 Å². The SMILES string of the molecule is CCCc1sc(NS(=O)(=O)c2ccc(C)cc2)c(C(=O)OCC)c1C. The van der Waals surface area contributed by atoms with Crippen molar-refractivity contribution in [2.24, 2.45) is 0 Å². The van der Waals surface area contributed by atoms with E-state index in [0.29, 0.717) is 10.6 Å². The molecule has 0 atom stereocenters. The van der Waals surface area contributed by atoms with Crippen molar-refractivity contribution >= 4 is 32.3 Å². The summed E-state index contributed by atoms with van der Waals surface area (Å²) in [5.41, 5.74) is 2.07. The summed E-state index contributed by atoms with van der Waals surface area (Å²) < 4.78 is 33.0. The zero-order valence-corrected chi connectivity index (χ0v) is 16.5. The normalized spacial score (nSPS) is 11.4. The van der Waals surface area contributed by atoms with Gasteiger partial charge in [0.2, 0.25) is 0 Å². The minimum Gasteiger partial charge on any atom is -0.462 e. The lowest BCUT2D eigenvalue weighted by Gasteiger charge is -2.09. The van der Waals surface area contributed by atoms with Crippen LogP contribution in [0.25, 0.3) is 0 Å². The van der Waals surface area contributed by atoms with Crippen LogP contribution in [0.3, 0.4) is 0 Å². The van der Waals surface area contributed by atoms with Crippen molar-refractivity contribution in [1.82, 2.24) is 0 Å². The molecule has 0 amide bonds. The van der Waals surface area contributed by atoms with Gasteiger partial charge in [0, 0.05) is 4.88 Å². The molecular weight excluding hydrogens is 358 g/mol. The van der Waals surface area contributed by atoms with Gasteiger partial charge in [0.05, 0.1) is 17.1 Å². The first kappa shape index (κ1) is 19.5. The molecule has 1 N–H and O–H groups in total. The van der Waals surface area contributed by atoms with Gasteiger partial charge in [-0.2, -0.15) is 0 Å². The Morgan fingerprint density at radius 3 is 2.36 bits per heavy atom. The van der Waals surface area contributed by atoms with E-state index in [1.165, 1.54) is 11.3 Å². The van der Waals surface area contributed by atoms with Gasteiger partial charge in [-0.05, 0) is 44.9 Å². The van der Waals surface area contributed by atoms with Crippen LogP contribution in [-0.2, 0) is 21.2 Å². The van der Waals surface area contributed by atoms with Gasteiger partial charge >= 0.3 is 5.97 Å². The van der Waals surface area contributed by atoms with Gasteiger partial charge in [0.1, 0.15) is 5.00 Å². The second-order valence-corrected chi connectivity index (χ2v) is 8.53. The number of carbonyl (C=O) groups is 1. The fourth-order valence-corrected chi connectivity index (χ4v) is 5.05. The minimum absolute atomic E-state index is 0.163. The van der Waals surface area contributed by atoms with Gasteiger partial charge in [-0.1, -0.05) is 31.0 Å². The average molecular weight is 382 g/mol. The van der Waals surface area contributed by atoms with Gasteiger partial charge in [-0.25, -0.2) is 13.2 Å². The molecule has 136 valence electrons. The fraction of sp³-hybridized carbons (Fsp3) is 0.389. The number of anilines is 1. The highest BCUT2D eigenvalue weighted by Gasteiger charge is 2.25. The minimum atomic E-state index is -3.77. The van der Waals surface area contributed by atoms with Crippen LogP contribution >= 0.6 is 11.3 Å². The molecule has 7 heteroatoms. The third-order valence-corrected chi connectivity index (χ3v) is 6.52. The monoisotopic (exact) mass is 381 g/mol. The molecule has 0 aliphatic heterocycles.